The molecule has 1 aliphatic carbocycles. The second-order valence-electron chi connectivity index (χ2n) is 5.47. The van der Waals surface area contributed by atoms with Crippen molar-refractivity contribution in [2.24, 2.45) is 5.92 Å². The zero-order valence-corrected chi connectivity index (χ0v) is 11.6. The Morgan fingerprint density at radius 2 is 1.95 bits per heavy atom. The average Bonchev–Trinajstić information content (AvgIpc) is 3.19. The first kappa shape index (κ1) is 15.4. The van der Waals surface area contributed by atoms with Crippen LogP contribution in [0, 0.1) is 17.6 Å². The molecule has 2 atom stereocenters. The fourth-order valence-corrected chi connectivity index (χ4v) is 1.97. The Morgan fingerprint density at radius 1 is 1.30 bits per heavy atom. The van der Waals surface area contributed by atoms with Gasteiger partial charge in [0, 0.05) is 25.3 Å². The molecule has 1 aromatic carbocycles. The molecule has 2 unspecified atom stereocenters. The van der Waals surface area contributed by atoms with Gasteiger partial charge in [-0.3, -0.25) is 0 Å². The summed E-state index contributed by atoms with van der Waals surface area (Å²) < 4.78 is 31.6. The van der Waals surface area contributed by atoms with Gasteiger partial charge in [0.1, 0.15) is 11.6 Å². The van der Waals surface area contributed by atoms with Crippen molar-refractivity contribution < 1.29 is 18.6 Å². The van der Waals surface area contributed by atoms with Crippen LogP contribution in [0.1, 0.15) is 31.4 Å². The number of rotatable bonds is 8. The van der Waals surface area contributed by atoms with E-state index in [0.29, 0.717) is 24.6 Å². The zero-order chi connectivity index (χ0) is 14.5. The molecule has 0 aromatic heterocycles. The molecule has 1 aromatic rings. The Morgan fingerprint density at radius 3 is 2.55 bits per heavy atom. The van der Waals surface area contributed by atoms with Crippen molar-refractivity contribution in [2.75, 3.05) is 19.8 Å². The van der Waals surface area contributed by atoms with E-state index in [9.17, 15) is 13.9 Å². The maximum Gasteiger partial charge on any atom is 0.126 e. The molecule has 3 nitrogen and oxygen atoms in total. The van der Waals surface area contributed by atoms with Crippen molar-refractivity contribution in [3.8, 4) is 0 Å². The van der Waals surface area contributed by atoms with Gasteiger partial charge in [-0.25, -0.2) is 8.78 Å². The molecule has 0 spiro atoms. The zero-order valence-electron chi connectivity index (χ0n) is 11.6. The topological polar surface area (TPSA) is 41.5 Å². The second kappa shape index (κ2) is 7.11. The number of ether oxygens (including phenoxy) is 1. The van der Waals surface area contributed by atoms with Crippen molar-refractivity contribution in [3.63, 3.8) is 0 Å². The summed E-state index contributed by atoms with van der Waals surface area (Å²) in [5.41, 5.74) is 0.522. The Bertz CT molecular complexity index is 418. The number of nitrogens with one attached hydrogen (secondary N) is 1. The maximum absolute atomic E-state index is 13.1. The lowest BCUT2D eigenvalue weighted by Gasteiger charge is -2.18. The van der Waals surface area contributed by atoms with Crippen LogP contribution in [0.5, 0.6) is 0 Å². The Balaban J connectivity index is 1.71. The summed E-state index contributed by atoms with van der Waals surface area (Å²) >= 11 is 0. The van der Waals surface area contributed by atoms with Crippen molar-refractivity contribution >= 4 is 0 Å². The summed E-state index contributed by atoms with van der Waals surface area (Å²) in [4.78, 5) is 0. The van der Waals surface area contributed by atoms with E-state index >= 15 is 0 Å². The average molecular weight is 285 g/mol. The van der Waals surface area contributed by atoms with E-state index in [0.717, 1.165) is 6.07 Å². The molecule has 1 saturated carbocycles. The van der Waals surface area contributed by atoms with E-state index < -0.39 is 17.7 Å². The highest BCUT2D eigenvalue weighted by atomic mass is 19.1. The first-order valence-corrected chi connectivity index (χ1v) is 7.00. The van der Waals surface area contributed by atoms with Crippen LogP contribution in [0.2, 0.25) is 0 Å². The van der Waals surface area contributed by atoms with Gasteiger partial charge < -0.3 is 15.2 Å². The minimum absolute atomic E-state index is 0.238. The van der Waals surface area contributed by atoms with E-state index in [-0.39, 0.29) is 12.6 Å². The van der Waals surface area contributed by atoms with E-state index in [1.807, 2.05) is 0 Å². The highest BCUT2D eigenvalue weighted by molar-refractivity contribution is 5.20. The standard InChI is InChI=1S/C15H21F2NO2/c1-10(12-4-13(16)6-14(17)5-12)18-7-15(19)9-20-8-11-2-3-11/h4-6,10-11,15,18-19H,2-3,7-9H2,1H3. The third-order valence-corrected chi connectivity index (χ3v) is 3.41. The van der Waals surface area contributed by atoms with E-state index in [4.69, 9.17) is 4.74 Å². The number of aliphatic hydroxyl groups is 1. The Hall–Kier alpha value is -1.04. The molecule has 0 heterocycles. The summed E-state index contributed by atoms with van der Waals surface area (Å²) in [6.07, 6.45) is 1.82. The van der Waals surface area contributed by atoms with Gasteiger partial charge in [-0.1, -0.05) is 0 Å². The monoisotopic (exact) mass is 285 g/mol. The summed E-state index contributed by atoms with van der Waals surface area (Å²) in [5, 5.41) is 12.8. The van der Waals surface area contributed by atoms with Crippen molar-refractivity contribution in [1.29, 1.82) is 0 Å². The van der Waals surface area contributed by atoms with Gasteiger partial charge in [-0.05, 0) is 43.4 Å². The van der Waals surface area contributed by atoms with E-state index in [2.05, 4.69) is 5.32 Å². The molecule has 0 radical (unpaired) electrons. The van der Waals surface area contributed by atoms with Crippen LogP contribution < -0.4 is 5.32 Å². The molecule has 2 N–H and O–H groups in total. The van der Waals surface area contributed by atoms with Crippen LogP contribution >= 0.6 is 0 Å². The summed E-state index contributed by atoms with van der Waals surface area (Å²) in [7, 11) is 0. The minimum atomic E-state index is -0.616. The third-order valence-electron chi connectivity index (χ3n) is 3.41. The smallest absolute Gasteiger partial charge is 0.126 e. The Labute approximate surface area is 117 Å². The van der Waals surface area contributed by atoms with Crippen LogP contribution in [0.4, 0.5) is 8.78 Å². The third kappa shape index (κ3) is 5.15. The van der Waals surface area contributed by atoms with Crippen LogP contribution in [0.3, 0.4) is 0 Å². The van der Waals surface area contributed by atoms with Gasteiger partial charge in [0.25, 0.3) is 0 Å². The summed E-state index contributed by atoms with van der Waals surface area (Å²) in [6, 6.07) is 3.18. The van der Waals surface area contributed by atoms with Crippen LogP contribution in [-0.4, -0.2) is 31.0 Å². The Kier molecular flexibility index (Phi) is 5.46. The first-order valence-electron chi connectivity index (χ1n) is 7.00. The highest BCUT2D eigenvalue weighted by Crippen LogP contribution is 2.28. The van der Waals surface area contributed by atoms with E-state index in [1.54, 1.807) is 6.92 Å². The molecule has 0 amide bonds. The maximum atomic E-state index is 13.1. The van der Waals surface area contributed by atoms with Crippen LogP contribution in [-0.2, 0) is 4.74 Å². The van der Waals surface area contributed by atoms with Gasteiger partial charge in [-0.2, -0.15) is 0 Å². The lowest BCUT2D eigenvalue weighted by Crippen LogP contribution is -2.32. The molecule has 1 aliphatic rings. The fourth-order valence-electron chi connectivity index (χ4n) is 1.97. The van der Waals surface area contributed by atoms with E-state index in [1.165, 1.54) is 25.0 Å². The van der Waals surface area contributed by atoms with Crippen molar-refractivity contribution in [3.05, 3.63) is 35.4 Å². The predicted octanol–water partition coefficient (Wildman–Crippen LogP) is 2.40. The summed E-state index contributed by atoms with van der Waals surface area (Å²) in [5.74, 6) is -0.520. The molecule has 1 fully saturated rings. The number of hydrogen-bond donors (Lipinski definition) is 2. The molecule has 5 heteroatoms. The number of halogens is 2. The van der Waals surface area contributed by atoms with Gasteiger partial charge in [0.05, 0.1) is 12.7 Å². The molecule has 20 heavy (non-hydrogen) atoms. The highest BCUT2D eigenvalue weighted by Gasteiger charge is 2.21. The lowest BCUT2D eigenvalue weighted by atomic mass is 10.1. The second-order valence-corrected chi connectivity index (χ2v) is 5.47. The molecular weight excluding hydrogens is 264 g/mol. The molecule has 112 valence electrons. The minimum Gasteiger partial charge on any atom is -0.389 e. The van der Waals surface area contributed by atoms with Crippen molar-refractivity contribution in [1.82, 2.24) is 5.32 Å². The molecular formula is C15H21F2NO2. The SMILES string of the molecule is CC(NCC(O)COCC1CC1)c1cc(F)cc(F)c1. The molecule has 0 bridgehead atoms. The first-order chi connectivity index (χ1) is 9.54. The largest absolute Gasteiger partial charge is 0.389 e. The van der Waals surface area contributed by atoms with Crippen molar-refractivity contribution in [2.45, 2.75) is 31.9 Å². The summed E-state index contributed by atoms with van der Waals surface area (Å²) in [6.45, 7) is 3.12. The van der Waals surface area contributed by atoms with Gasteiger partial charge in [0.2, 0.25) is 0 Å². The predicted molar refractivity (Wildman–Crippen MR) is 72.3 cm³/mol. The fraction of sp³-hybridized carbons (Fsp3) is 0.600. The lowest BCUT2D eigenvalue weighted by molar-refractivity contribution is 0.0315. The normalized spacial score (nSPS) is 18.0. The number of benzene rings is 1. The van der Waals surface area contributed by atoms with Gasteiger partial charge in [-0.15, -0.1) is 0 Å². The van der Waals surface area contributed by atoms with Gasteiger partial charge >= 0.3 is 0 Å². The molecule has 2 rings (SSSR count). The number of hydrogen-bond acceptors (Lipinski definition) is 3. The molecule has 0 saturated heterocycles. The van der Waals surface area contributed by atoms with Gasteiger partial charge in [0.15, 0.2) is 0 Å². The van der Waals surface area contributed by atoms with Crippen LogP contribution in [0.25, 0.3) is 0 Å². The molecule has 0 aliphatic heterocycles. The number of aliphatic hydroxyl groups excluding tert-OH is 1. The van der Waals surface area contributed by atoms with Crippen LogP contribution in [0.15, 0.2) is 18.2 Å². The quantitative estimate of drug-likeness (QED) is 0.770.